The number of halogens is 3. The molecule has 0 amide bonds. The molecule has 29 heavy (non-hydrogen) atoms. The number of alkyl halides is 3. The van der Waals surface area contributed by atoms with Crippen molar-refractivity contribution in [3.63, 3.8) is 0 Å². The van der Waals surface area contributed by atoms with Crippen molar-refractivity contribution in [1.29, 1.82) is 0 Å². The third-order valence-electron chi connectivity index (χ3n) is 5.65. The van der Waals surface area contributed by atoms with Crippen LogP contribution in [0.25, 0.3) is 0 Å². The zero-order valence-corrected chi connectivity index (χ0v) is 19.2. The Labute approximate surface area is 176 Å². The number of unbranched alkanes of at least 4 members (excludes halogenated alkanes) is 9. The molecule has 0 radical (unpaired) electrons. The Balaban J connectivity index is 0.000000828. The Hall–Kier alpha value is -0.340. The minimum atomic E-state index is -6.09. The predicted octanol–water partition coefficient (Wildman–Crippen LogP) is 5.20. The van der Waals surface area contributed by atoms with Crippen LogP contribution in [0.15, 0.2) is 0 Å². The molecule has 0 aromatic rings. The van der Waals surface area contributed by atoms with E-state index in [1.165, 1.54) is 109 Å². The van der Waals surface area contributed by atoms with Gasteiger partial charge in [0.1, 0.15) is 0 Å². The first kappa shape index (κ1) is 28.7. The van der Waals surface area contributed by atoms with E-state index >= 15 is 0 Å². The summed E-state index contributed by atoms with van der Waals surface area (Å²) in [7, 11) is -6.09. The molecule has 0 bridgehead atoms. The highest BCUT2D eigenvalue weighted by Crippen LogP contribution is 2.20. The standard InChI is InChI=1S/C20H41N.CHF3O3S/c1-3-5-6-7-8-9-10-11-12-14-18-21-19-15-13-17-20(21)16-4-2;2-1(3,4)8(5,6)7/h20H,3-19H2,1-2H3;(H,5,6,7). The highest BCUT2D eigenvalue weighted by molar-refractivity contribution is 7.86. The monoisotopic (exact) mass is 445 g/mol. The van der Waals surface area contributed by atoms with E-state index in [-0.39, 0.29) is 0 Å². The minimum Gasteiger partial charge on any atom is -0.741 e. The van der Waals surface area contributed by atoms with Crippen molar-refractivity contribution < 1.29 is 31.0 Å². The van der Waals surface area contributed by atoms with E-state index in [1.807, 2.05) is 4.90 Å². The molecular formula is C21H42F3NO3S. The normalized spacial score (nSPS) is 20.2. The van der Waals surface area contributed by atoms with E-state index in [1.54, 1.807) is 0 Å². The van der Waals surface area contributed by atoms with Crippen LogP contribution in [-0.4, -0.2) is 37.6 Å². The fourth-order valence-electron chi connectivity index (χ4n) is 4.02. The molecule has 8 heteroatoms. The van der Waals surface area contributed by atoms with Crippen LogP contribution in [0.1, 0.15) is 110 Å². The second kappa shape index (κ2) is 16.4. The first-order valence-corrected chi connectivity index (χ1v) is 12.9. The number of hydrogen-bond acceptors (Lipinski definition) is 3. The molecule has 0 spiro atoms. The third-order valence-corrected chi connectivity index (χ3v) is 6.22. The number of rotatable bonds is 13. The molecule has 0 aromatic carbocycles. The number of quaternary nitrogens is 1. The molecule has 1 heterocycles. The van der Waals surface area contributed by atoms with Gasteiger partial charge >= 0.3 is 5.51 Å². The van der Waals surface area contributed by atoms with Crippen LogP contribution in [0.2, 0.25) is 0 Å². The Bertz CT molecular complexity index is 482. The van der Waals surface area contributed by atoms with Gasteiger partial charge in [-0.05, 0) is 38.5 Å². The summed E-state index contributed by atoms with van der Waals surface area (Å²) in [5.74, 6) is 0. The maximum absolute atomic E-state index is 10.7. The Morgan fingerprint density at radius 1 is 0.862 bits per heavy atom. The number of piperidine rings is 1. The predicted molar refractivity (Wildman–Crippen MR) is 111 cm³/mol. The van der Waals surface area contributed by atoms with Crippen molar-refractivity contribution in [1.82, 2.24) is 0 Å². The van der Waals surface area contributed by atoms with Crippen molar-refractivity contribution in [2.45, 2.75) is 122 Å². The minimum absolute atomic E-state index is 1.00. The van der Waals surface area contributed by atoms with Crippen molar-refractivity contribution in [2.24, 2.45) is 0 Å². The lowest BCUT2D eigenvalue weighted by Crippen LogP contribution is -3.16. The number of hydrogen-bond donors (Lipinski definition) is 1. The summed E-state index contributed by atoms with van der Waals surface area (Å²) >= 11 is 0. The van der Waals surface area contributed by atoms with Gasteiger partial charge in [0.2, 0.25) is 0 Å². The molecule has 1 rings (SSSR count). The van der Waals surface area contributed by atoms with E-state index in [0.29, 0.717) is 0 Å². The summed E-state index contributed by atoms with van der Waals surface area (Å²) in [5, 5.41) is 0. The molecule has 176 valence electrons. The van der Waals surface area contributed by atoms with Crippen LogP contribution < -0.4 is 4.90 Å². The Morgan fingerprint density at radius 2 is 1.34 bits per heavy atom. The zero-order chi connectivity index (χ0) is 22.2. The molecule has 0 saturated carbocycles. The van der Waals surface area contributed by atoms with Gasteiger partial charge in [-0.1, -0.05) is 71.6 Å². The smallest absolute Gasteiger partial charge is 0.485 e. The lowest BCUT2D eigenvalue weighted by molar-refractivity contribution is -0.931. The molecule has 2 unspecified atom stereocenters. The fraction of sp³-hybridized carbons (Fsp3) is 1.00. The van der Waals surface area contributed by atoms with Gasteiger partial charge in [0.15, 0.2) is 10.1 Å². The van der Waals surface area contributed by atoms with Crippen molar-refractivity contribution in [2.75, 3.05) is 13.1 Å². The number of nitrogens with one attached hydrogen (secondary N) is 1. The van der Waals surface area contributed by atoms with Crippen LogP contribution in [0.3, 0.4) is 0 Å². The van der Waals surface area contributed by atoms with Gasteiger partial charge in [-0.15, -0.1) is 0 Å². The summed E-state index contributed by atoms with van der Waals surface area (Å²) in [4.78, 5) is 1.95. The van der Waals surface area contributed by atoms with Crippen molar-refractivity contribution >= 4 is 10.1 Å². The Morgan fingerprint density at radius 3 is 1.79 bits per heavy atom. The summed E-state index contributed by atoms with van der Waals surface area (Å²) < 4.78 is 58.9. The maximum atomic E-state index is 10.7. The van der Waals surface area contributed by atoms with Crippen molar-refractivity contribution in [3.8, 4) is 0 Å². The SMILES string of the molecule is CCCCCCCCCCCC[NH+]1CCCCC1CCC.O=S(=O)([O-])C(F)(F)F. The van der Waals surface area contributed by atoms with E-state index in [9.17, 15) is 13.2 Å². The van der Waals surface area contributed by atoms with Gasteiger partial charge in [-0.3, -0.25) is 0 Å². The second-order valence-corrected chi connectivity index (χ2v) is 9.59. The van der Waals surface area contributed by atoms with E-state index in [2.05, 4.69) is 13.8 Å². The van der Waals surface area contributed by atoms with Crippen LogP contribution in [0.5, 0.6) is 0 Å². The molecular weight excluding hydrogens is 403 g/mol. The first-order chi connectivity index (χ1) is 13.6. The molecule has 1 saturated heterocycles. The van der Waals surface area contributed by atoms with Crippen LogP contribution in [0.4, 0.5) is 13.2 Å². The zero-order valence-electron chi connectivity index (χ0n) is 18.4. The molecule has 0 aliphatic carbocycles. The molecule has 1 fully saturated rings. The summed E-state index contributed by atoms with van der Waals surface area (Å²) in [5.41, 5.74) is -5.65. The molecule has 2 atom stereocenters. The van der Waals surface area contributed by atoms with Crippen LogP contribution in [-0.2, 0) is 10.1 Å². The van der Waals surface area contributed by atoms with Crippen molar-refractivity contribution in [3.05, 3.63) is 0 Å². The molecule has 1 aliphatic heterocycles. The van der Waals surface area contributed by atoms with Gasteiger partial charge in [-0.25, -0.2) is 8.42 Å². The van der Waals surface area contributed by atoms with E-state index < -0.39 is 15.6 Å². The van der Waals surface area contributed by atoms with Gasteiger partial charge in [0.25, 0.3) is 0 Å². The van der Waals surface area contributed by atoms with Gasteiger partial charge in [-0.2, -0.15) is 13.2 Å². The largest absolute Gasteiger partial charge is 0.741 e. The lowest BCUT2D eigenvalue weighted by Gasteiger charge is -2.32. The highest BCUT2D eigenvalue weighted by Gasteiger charge is 2.36. The molecule has 1 aliphatic rings. The third kappa shape index (κ3) is 15.2. The first-order valence-electron chi connectivity index (χ1n) is 11.5. The van der Waals surface area contributed by atoms with E-state index in [0.717, 1.165) is 6.04 Å². The summed E-state index contributed by atoms with van der Waals surface area (Å²) in [6.45, 7) is 7.57. The average molecular weight is 446 g/mol. The highest BCUT2D eigenvalue weighted by atomic mass is 32.2. The molecule has 1 N–H and O–H groups in total. The maximum Gasteiger partial charge on any atom is 0.485 e. The topological polar surface area (TPSA) is 61.6 Å². The van der Waals surface area contributed by atoms with Crippen LogP contribution in [0, 0.1) is 0 Å². The molecule has 4 nitrogen and oxygen atoms in total. The average Bonchev–Trinajstić information content (AvgIpc) is 2.63. The van der Waals surface area contributed by atoms with Crippen LogP contribution >= 0.6 is 0 Å². The van der Waals surface area contributed by atoms with E-state index in [4.69, 9.17) is 13.0 Å². The van der Waals surface area contributed by atoms with Gasteiger partial charge in [0, 0.05) is 0 Å². The van der Waals surface area contributed by atoms with Gasteiger partial charge < -0.3 is 9.45 Å². The number of likely N-dealkylation sites (tertiary alicyclic amines) is 1. The Kier molecular flexibility index (Phi) is 16.2. The summed E-state index contributed by atoms with van der Waals surface area (Å²) in [6, 6.07) is 1.00. The molecule has 0 aromatic heterocycles. The summed E-state index contributed by atoms with van der Waals surface area (Å²) in [6.07, 6.45) is 22.0. The fourth-order valence-corrected chi connectivity index (χ4v) is 4.02. The lowest BCUT2D eigenvalue weighted by atomic mass is 9.97. The van der Waals surface area contributed by atoms with Gasteiger partial charge in [0.05, 0.1) is 19.1 Å². The second-order valence-electron chi connectivity index (χ2n) is 8.22. The quantitative estimate of drug-likeness (QED) is 0.241.